The number of esters is 1. The van der Waals surface area contributed by atoms with Gasteiger partial charge in [-0.2, -0.15) is 0 Å². The van der Waals surface area contributed by atoms with E-state index >= 15 is 0 Å². The first kappa shape index (κ1) is 13.4. The van der Waals surface area contributed by atoms with Crippen molar-refractivity contribution in [1.82, 2.24) is 4.90 Å². The number of nitrogens with zero attached hydrogens (tertiary/aromatic N) is 1. The van der Waals surface area contributed by atoms with E-state index in [-0.39, 0.29) is 11.9 Å². The van der Waals surface area contributed by atoms with Crippen LogP contribution in [0.4, 0.5) is 0 Å². The minimum Gasteiger partial charge on any atom is -0.435 e. The van der Waals surface area contributed by atoms with Crippen molar-refractivity contribution < 1.29 is 14.3 Å². The Morgan fingerprint density at radius 1 is 1.00 bits per heavy atom. The summed E-state index contributed by atoms with van der Waals surface area (Å²) in [4.78, 5) is 26.1. The van der Waals surface area contributed by atoms with Gasteiger partial charge in [-0.15, -0.1) is 0 Å². The molecule has 1 fully saturated rings. The molecule has 0 spiro atoms. The van der Waals surface area contributed by atoms with E-state index in [1.807, 2.05) is 36.4 Å². The molecule has 0 aliphatic carbocycles. The second kappa shape index (κ2) is 5.40. The lowest BCUT2D eigenvalue weighted by Gasteiger charge is -2.24. The molecule has 0 unspecified atom stereocenters. The van der Waals surface area contributed by atoms with Crippen LogP contribution in [-0.4, -0.2) is 22.8 Å². The number of carbonyl (C=O) groups excluding carboxylic acids is 2. The quantitative estimate of drug-likeness (QED) is 0.795. The van der Waals surface area contributed by atoms with Gasteiger partial charge in [0.2, 0.25) is 6.23 Å². The lowest BCUT2D eigenvalue weighted by atomic mass is 10.1. The maximum Gasteiger partial charge on any atom is 0.330 e. The minimum absolute atomic E-state index is 0.206. The Balaban J connectivity index is 1.97. The number of hydrogen-bond donors (Lipinski definition) is 0. The van der Waals surface area contributed by atoms with Gasteiger partial charge in [-0.1, -0.05) is 48.5 Å². The monoisotopic (exact) mass is 281 g/mol. The van der Waals surface area contributed by atoms with E-state index in [1.54, 1.807) is 31.2 Å². The summed E-state index contributed by atoms with van der Waals surface area (Å²) in [6.07, 6.45) is -0.665. The van der Waals surface area contributed by atoms with Gasteiger partial charge >= 0.3 is 5.97 Å². The van der Waals surface area contributed by atoms with E-state index < -0.39 is 12.3 Å². The van der Waals surface area contributed by atoms with Crippen molar-refractivity contribution in [3.05, 3.63) is 71.8 Å². The summed E-state index contributed by atoms with van der Waals surface area (Å²) in [5.74, 6) is -0.587. The summed E-state index contributed by atoms with van der Waals surface area (Å²) in [6.45, 7) is 1.69. The van der Waals surface area contributed by atoms with Gasteiger partial charge in [0.15, 0.2) is 0 Å². The molecule has 0 saturated carbocycles. The molecule has 2 aromatic rings. The second-order valence-corrected chi connectivity index (χ2v) is 4.95. The molecule has 1 aliphatic rings. The van der Waals surface area contributed by atoms with Crippen molar-refractivity contribution in [2.75, 3.05) is 0 Å². The average Bonchev–Trinajstić information content (AvgIpc) is 2.84. The summed E-state index contributed by atoms with van der Waals surface area (Å²) in [7, 11) is 0. The highest BCUT2D eigenvalue weighted by Gasteiger charge is 2.43. The van der Waals surface area contributed by atoms with Crippen LogP contribution in [0.2, 0.25) is 0 Å². The summed E-state index contributed by atoms with van der Waals surface area (Å²) in [5, 5.41) is 0. The molecule has 0 N–H and O–H groups in total. The average molecular weight is 281 g/mol. The molecule has 0 aromatic heterocycles. The Hall–Kier alpha value is -2.62. The van der Waals surface area contributed by atoms with Gasteiger partial charge in [-0.3, -0.25) is 9.69 Å². The number of rotatable bonds is 2. The normalized spacial score (nSPS) is 21.2. The molecule has 1 amide bonds. The van der Waals surface area contributed by atoms with Gasteiger partial charge in [-0.25, -0.2) is 4.79 Å². The summed E-state index contributed by atoms with van der Waals surface area (Å²) in [5.41, 5.74) is 1.34. The van der Waals surface area contributed by atoms with E-state index in [4.69, 9.17) is 4.74 Å². The number of amides is 1. The van der Waals surface area contributed by atoms with Crippen LogP contribution in [0.25, 0.3) is 0 Å². The van der Waals surface area contributed by atoms with Gasteiger partial charge in [0.05, 0.1) is 0 Å². The molecule has 106 valence electrons. The van der Waals surface area contributed by atoms with Crippen LogP contribution >= 0.6 is 0 Å². The third kappa shape index (κ3) is 2.40. The predicted octanol–water partition coefficient (Wildman–Crippen LogP) is 2.77. The topological polar surface area (TPSA) is 46.6 Å². The van der Waals surface area contributed by atoms with Gasteiger partial charge in [0.25, 0.3) is 5.91 Å². The van der Waals surface area contributed by atoms with Crippen molar-refractivity contribution in [3.63, 3.8) is 0 Å². The summed E-state index contributed by atoms with van der Waals surface area (Å²) < 4.78 is 5.38. The van der Waals surface area contributed by atoms with Gasteiger partial charge in [0.1, 0.15) is 6.04 Å². The molecule has 0 bridgehead atoms. The number of cyclic esters (lactones) is 1. The fourth-order valence-corrected chi connectivity index (χ4v) is 2.44. The first-order valence-corrected chi connectivity index (χ1v) is 6.81. The highest BCUT2D eigenvalue weighted by molar-refractivity contribution is 5.98. The second-order valence-electron chi connectivity index (χ2n) is 4.95. The zero-order chi connectivity index (χ0) is 14.8. The largest absolute Gasteiger partial charge is 0.435 e. The van der Waals surface area contributed by atoms with Crippen molar-refractivity contribution in [2.45, 2.75) is 19.2 Å². The number of ether oxygens (including phenoxy) is 1. The van der Waals surface area contributed by atoms with Gasteiger partial charge in [-0.05, 0) is 19.1 Å². The van der Waals surface area contributed by atoms with E-state index in [1.165, 1.54) is 4.90 Å². The van der Waals surface area contributed by atoms with Crippen LogP contribution in [0.15, 0.2) is 60.7 Å². The molecule has 1 heterocycles. The highest BCUT2D eigenvalue weighted by Crippen LogP contribution is 2.32. The molecule has 1 aliphatic heterocycles. The zero-order valence-corrected chi connectivity index (χ0v) is 11.6. The molecule has 4 heteroatoms. The lowest BCUT2D eigenvalue weighted by Crippen LogP contribution is -2.37. The van der Waals surface area contributed by atoms with Crippen molar-refractivity contribution in [2.24, 2.45) is 0 Å². The maximum absolute atomic E-state index is 12.7. The first-order chi connectivity index (χ1) is 10.2. The maximum atomic E-state index is 12.7. The fraction of sp³-hybridized carbons (Fsp3) is 0.176. The Labute approximate surface area is 123 Å². The Morgan fingerprint density at radius 3 is 2.19 bits per heavy atom. The van der Waals surface area contributed by atoms with E-state index in [9.17, 15) is 9.59 Å². The molecule has 21 heavy (non-hydrogen) atoms. The molecular weight excluding hydrogens is 266 g/mol. The van der Waals surface area contributed by atoms with Crippen LogP contribution < -0.4 is 0 Å². The Morgan fingerprint density at radius 2 is 1.57 bits per heavy atom. The lowest BCUT2D eigenvalue weighted by molar-refractivity contribution is -0.142. The third-order valence-electron chi connectivity index (χ3n) is 3.58. The molecular formula is C17H15NO3. The SMILES string of the molecule is C[C@H]1C(=O)O[C@H](c2ccccc2)N1C(=O)c1ccccc1. The van der Waals surface area contributed by atoms with Crippen LogP contribution in [0, 0.1) is 0 Å². The van der Waals surface area contributed by atoms with Gasteiger partial charge in [0, 0.05) is 11.1 Å². The van der Waals surface area contributed by atoms with E-state index in [2.05, 4.69) is 0 Å². The standard InChI is InChI=1S/C17H15NO3/c1-12-17(20)21-16(14-10-6-3-7-11-14)18(12)15(19)13-8-4-2-5-9-13/h2-12,16H,1H3/t12-,16+/m0/s1. The molecule has 3 rings (SSSR count). The fourth-order valence-electron chi connectivity index (χ4n) is 2.44. The van der Waals surface area contributed by atoms with Gasteiger partial charge < -0.3 is 4.74 Å². The zero-order valence-electron chi connectivity index (χ0n) is 11.6. The number of benzene rings is 2. The Bertz CT molecular complexity index is 654. The third-order valence-corrected chi connectivity index (χ3v) is 3.58. The minimum atomic E-state index is -0.665. The van der Waals surface area contributed by atoms with Crippen LogP contribution in [0.5, 0.6) is 0 Å². The summed E-state index contributed by atoms with van der Waals surface area (Å²) in [6, 6.07) is 17.6. The van der Waals surface area contributed by atoms with E-state index in [0.717, 1.165) is 5.56 Å². The number of hydrogen-bond acceptors (Lipinski definition) is 3. The van der Waals surface area contributed by atoms with Crippen molar-refractivity contribution >= 4 is 11.9 Å². The van der Waals surface area contributed by atoms with Crippen LogP contribution in [-0.2, 0) is 9.53 Å². The molecule has 1 saturated heterocycles. The molecule has 2 aromatic carbocycles. The highest BCUT2D eigenvalue weighted by atomic mass is 16.6. The van der Waals surface area contributed by atoms with Crippen molar-refractivity contribution in [1.29, 1.82) is 0 Å². The van der Waals surface area contributed by atoms with Crippen LogP contribution in [0.3, 0.4) is 0 Å². The molecule has 2 atom stereocenters. The Kier molecular flexibility index (Phi) is 3.44. The molecule has 4 nitrogen and oxygen atoms in total. The number of carbonyl (C=O) groups is 2. The molecule has 0 radical (unpaired) electrons. The summed E-state index contributed by atoms with van der Waals surface area (Å²) >= 11 is 0. The first-order valence-electron chi connectivity index (χ1n) is 6.81. The van der Waals surface area contributed by atoms with Crippen LogP contribution in [0.1, 0.15) is 29.1 Å². The van der Waals surface area contributed by atoms with Crippen molar-refractivity contribution in [3.8, 4) is 0 Å². The predicted molar refractivity (Wildman–Crippen MR) is 77.3 cm³/mol. The van der Waals surface area contributed by atoms with E-state index in [0.29, 0.717) is 5.56 Å². The smallest absolute Gasteiger partial charge is 0.330 e.